The van der Waals surface area contributed by atoms with E-state index in [-0.39, 0.29) is 5.78 Å². The van der Waals surface area contributed by atoms with Crippen molar-refractivity contribution in [1.82, 2.24) is 10.3 Å². The predicted octanol–water partition coefficient (Wildman–Crippen LogP) is 0.949. The molecule has 3 heteroatoms. The fourth-order valence-electron chi connectivity index (χ4n) is 1.12. The van der Waals surface area contributed by atoms with Crippen molar-refractivity contribution in [2.45, 2.75) is 18.9 Å². The molecule has 1 aliphatic carbocycles. The highest BCUT2D eigenvalue weighted by Crippen LogP contribution is 2.18. The minimum atomic E-state index is 0.170. The number of carbonyl (C=O) groups excluding carboxylic acids is 1. The maximum atomic E-state index is 11.4. The molecule has 0 radical (unpaired) electrons. The second-order valence-corrected chi connectivity index (χ2v) is 3.18. The first kappa shape index (κ1) is 7.55. The van der Waals surface area contributed by atoms with Crippen LogP contribution in [0.5, 0.6) is 0 Å². The molecule has 12 heavy (non-hydrogen) atoms. The van der Waals surface area contributed by atoms with Crippen LogP contribution in [0.15, 0.2) is 18.5 Å². The van der Waals surface area contributed by atoms with E-state index >= 15 is 0 Å². The lowest BCUT2D eigenvalue weighted by Gasteiger charge is -1.98. The second-order valence-electron chi connectivity index (χ2n) is 3.18. The highest BCUT2D eigenvalue weighted by Gasteiger charge is 2.21. The quantitative estimate of drug-likeness (QED) is 0.651. The molecule has 0 saturated heterocycles. The largest absolute Gasteiger partial charge is 0.367 e. The minimum absolute atomic E-state index is 0.170. The number of carbonyl (C=O) groups is 1. The normalized spacial score (nSPS) is 16.3. The first-order valence-corrected chi connectivity index (χ1v) is 4.25. The van der Waals surface area contributed by atoms with E-state index in [0.717, 1.165) is 5.56 Å². The van der Waals surface area contributed by atoms with Crippen LogP contribution < -0.4 is 5.32 Å². The average molecular weight is 164 g/mol. The molecule has 1 aromatic heterocycles. The van der Waals surface area contributed by atoms with Crippen LogP contribution in [0.3, 0.4) is 0 Å². The number of nitrogens with one attached hydrogen (secondary N) is 2. The van der Waals surface area contributed by atoms with Crippen LogP contribution in [0.25, 0.3) is 0 Å². The summed E-state index contributed by atoms with van der Waals surface area (Å²) < 4.78 is 0. The summed E-state index contributed by atoms with van der Waals surface area (Å²) in [5.74, 6) is 0.170. The average Bonchev–Trinajstić information content (AvgIpc) is 2.74. The highest BCUT2D eigenvalue weighted by atomic mass is 16.1. The lowest BCUT2D eigenvalue weighted by atomic mass is 10.2. The SMILES string of the molecule is O=C(CNC1CC1)c1cc[nH]c1. The van der Waals surface area contributed by atoms with Gasteiger partial charge in [-0.15, -0.1) is 0 Å². The number of aromatic nitrogens is 1. The molecule has 0 aromatic carbocycles. The molecule has 1 aliphatic rings. The second kappa shape index (κ2) is 3.11. The number of hydrogen-bond acceptors (Lipinski definition) is 2. The molecule has 2 rings (SSSR count). The van der Waals surface area contributed by atoms with Crippen LogP contribution in [0.2, 0.25) is 0 Å². The number of ketones is 1. The van der Waals surface area contributed by atoms with Crippen LogP contribution in [0.4, 0.5) is 0 Å². The van der Waals surface area contributed by atoms with Gasteiger partial charge in [-0.05, 0) is 18.9 Å². The summed E-state index contributed by atoms with van der Waals surface area (Å²) in [6.07, 6.45) is 5.95. The van der Waals surface area contributed by atoms with Crippen molar-refractivity contribution in [2.24, 2.45) is 0 Å². The van der Waals surface area contributed by atoms with E-state index in [1.807, 2.05) is 0 Å². The van der Waals surface area contributed by atoms with E-state index in [1.165, 1.54) is 12.8 Å². The number of H-pyrrole nitrogens is 1. The van der Waals surface area contributed by atoms with Gasteiger partial charge in [-0.1, -0.05) is 0 Å². The zero-order valence-electron chi connectivity index (χ0n) is 6.84. The Morgan fingerprint density at radius 1 is 1.67 bits per heavy atom. The molecule has 3 nitrogen and oxygen atoms in total. The Labute approximate surface area is 71.2 Å². The summed E-state index contributed by atoms with van der Waals surface area (Å²) in [4.78, 5) is 14.2. The fourth-order valence-corrected chi connectivity index (χ4v) is 1.12. The molecule has 0 bridgehead atoms. The van der Waals surface area contributed by atoms with Gasteiger partial charge in [0.25, 0.3) is 0 Å². The molecular weight excluding hydrogens is 152 g/mol. The van der Waals surface area contributed by atoms with Gasteiger partial charge in [0, 0.05) is 24.0 Å². The topological polar surface area (TPSA) is 44.9 Å². The van der Waals surface area contributed by atoms with E-state index in [2.05, 4.69) is 10.3 Å². The minimum Gasteiger partial charge on any atom is -0.367 e. The third-order valence-corrected chi connectivity index (χ3v) is 2.05. The summed E-state index contributed by atoms with van der Waals surface area (Å²) in [7, 11) is 0. The molecule has 2 N–H and O–H groups in total. The lowest BCUT2D eigenvalue weighted by Crippen LogP contribution is -2.24. The molecule has 1 heterocycles. The van der Waals surface area contributed by atoms with Gasteiger partial charge in [-0.2, -0.15) is 0 Å². The van der Waals surface area contributed by atoms with E-state index < -0.39 is 0 Å². The van der Waals surface area contributed by atoms with E-state index in [4.69, 9.17) is 0 Å². The van der Waals surface area contributed by atoms with Gasteiger partial charge in [0.1, 0.15) is 0 Å². The third-order valence-electron chi connectivity index (χ3n) is 2.05. The predicted molar refractivity (Wildman–Crippen MR) is 46.1 cm³/mol. The van der Waals surface area contributed by atoms with Crippen molar-refractivity contribution in [3.05, 3.63) is 24.0 Å². The molecule has 0 spiro atoms. The standard InChI is InChI=1S/C9H12N2O/c12-9(6-11-8-1-2-8)7-3-4-10-5-7/h3-5,8,10-11H,1-2,6H2. The maximum absolute atomic E-state index is 11.4. The van der Waals surface area contributed by atoms with Gasteiger partial charge in [-0.3, -0.25) is 4.79 Å². The molecule has 1 aromatic rings. The van der Waals surface area contributed by atoms with Crippen molar-refractivity contribution in [3.63, 3.8) is 0 Å². The van der Waals surface area contributed by atoms with Crippen LogP contribution in [-0.2, 0) is 0 Å². The van der Waals surface area contributed by atoms with Crippen LogP contribution in [-0.4, -0.2) is 23.4 Å². The molecule has 0 aliphatic heterocycles. The monoisotopic (exact) mass is 164 g/mol. The van der Waals surface area contributed by atoms with Crippen molar-refractivity contribution in [2.75, 3.05) is 6.54 Å². The van der Waals surface area contributed by atoms with Crippen LogP contribution in [0.1, 0.15) is 23.2 Å². The van der Waals surface area contributed by atoms with Crippen molar-refractivity contribution >= 4 is 5.78 Å². The summed E-state index contributed by atoms with van der Waals surface area (Å²) in [6.45, 7) is 0.475. The Bertz CT molecular complexity index is 262. The number of Topliss-reactive ketones (excluding diaryl/α,β-unsaturated/α-hetero) is 1. The molecule has 1 saturated carbocycles. The molecule has 1 fully saturated rings. The molecular formula is C9H12N2O. The summed E-state index contributed by atoms with van der Waals surface area (Å²) in [6, 6.07) is 2.41. The summed E-state index contributed by atoms with van der Waals surface area (Å²) in [5, 5.41) is 3.18. The van der Waals surface area contributed by atoms with Gasteiger partial charge < -0.3 is 10.3 Å². The van der Waals surface area contributed by atoms with Gasteiger partial charge in [0.05, 0.1) is 6.54 Å². The van der Waals surface area contributed by atoms with Crippen LogP contribution in [0, 0.1) is 0 Å². The van der Waals surface area contributed by atoms with Crippen molar-refractivity contribution in [3.8, 4) is 0 Å². The number of hydrogen-bond donors (Lipinski definition) is 2. The molecule has 0 unspecified atom stereocenters. The van der Waals surface area contributed by atoms with E-state index in [1.54, 1.807) is 18.5 Å². The first-order chi connectivity index (χ1) is 5.86. The highest BCUT2D eigenvalue weighted by molar-refractivity contribution is 5.97. The Kier molecular flexibility index (Phi) is 1.96. The van der Waals surface area contributed by atoms with Crippen molar-refractivity contribution in [1.29, 1.82) is 0 Å². The number of aromatic amines is 1. The Hall–Kier alpha value is -1.09. The Morgan fingerprint density at radius 2 is 2.50 bits per heavy atom. The lowest BCUT2D eigenvalue weighted by molar-refractivity contribution is 0.0991. The first-order valence-electron chi connectivity index (χ1n) is 4.25. The Morgan fingerprint density at radius 3 is 3.08 bits per heavy atom. The maximum Gasteiger partial charge on any atom is 0.178 e. The zero-order chi connectivity index (χ0) is 8.39. The van der Waals surface area contributed by atoms with Gasteiger partial charge in [-0.25, -0.2) is 0 Å². The van der Waals surface area contributed by atoms with E-state index in [9.17, 15) is 4.79 Å². The van der Waals surface area contributed by atoms with Crippen LogP contribution >= 0.6 is 0 Å². The van der Waals surface area contributed by atoms with Gasteiger partial charge in [0.2, 0.25) is 0 Å². The number of rotatable bonds is 4. The van der Waals surface area contributed by atoms with E-state index in [0.29, 0.717) is 12.6 Å². The fraction of sp³-hybridized carbons (Fsp3) is 0.444. The Balaban J connectivity index is 1.83. The third kappa shape index (κ3) is 1.74. The van der Waals surface area contributed by atoms with Gasteiger partial charge >= 0.3 is 0 Å². The molecule has 64 valence electrons. The van der Waals surface area contributed by atoms with Gasteiger partial charge in [0.15, 0.2) is 5.78 Å². The summed E-state index contributed by atoms with van der Waals surface area (Å²) >= 11 is 0. The van der Waals surface area contributed by atoms with Crippen molar-refractivity contribution < 1.29 is 4.79 Å². The smallest absolute Gasteiger partial charge is 0.178 e. The molecule has 0 atom stereocenters. The molecule has 0 amide bonds. The zero-order valence-corrected chi connectivity index (χ0v) is 6.84. The summed E-state index contributed by atoms with van der Waals surface area (Å²) in [5.41, 5.74) is 0.767.